The van der Waals surface area contributed by atoms with Crippen molar-refractivity contribution in [1.29, 1.82) is 0 Å². The fourth-order valence-corrected chi connectivity index (χ4v) is 1.73. The van der Waals surface area contributed by atoms with Crippen molar-refractivity contribution in [2.24, 2.45) is 0 Å². The van der Waals surface area contributed by atoms with Gasteiger partial charge in [-0.2, -0.15) is 0 Å². The van der Waals surface area contributed by atoms with E-state index >= 15 is 0 Å². The number of benzene rings is 1. The van der Waals surface area contributed by atoms with E-state index in [-0.39, 0.29) is 5.82 Å². The summed E-state index contributed by atoms with van der Waals surface area (Å²) in [6, 6.07) is 6.11. The van der Waals surface area contributed by atoms with Gasteiger partial charge in [-0.15, -0.1) is 0 Å². The van der Waals surface area contributed by atoms with E-state index in [0.29, 0.717) is 5.82 Å². The highest BCUT2D eigenvalue weighted by Crippen LogP contribution is 2.23. The normalized spacial score (nSPS) is 10.3. The third kappa shape index (κ3) is 2.79. The molecule has 0 spiro atoms. The molecule has 0 amide bonds. The Morgan fingerprint density at radius 3 is 2.65 bits per heavy atom. The van der Waals surface area contributed by atoms with E-state index in [0.717, 1.165) is 22.4 Å². The van der Waals surface area contributed by atoms with Crippen LogP contribution in [0.3, 0.4) is 0 Å². The Morgan fingerprint density at radius 2 is 2.00 bits per heavy atom. The Kier molecular flexibility index (Phi) is 3.68. The van der Waals surface area contributed by atoms with Crippen molar-refractivity contribution in [3.8, 4) is 11.4 Å². The van der Waals surface area contributed by atoms with Gasteiger partial charge >= 0.3 is 0 Å². The lowest BCUT2D eigenvalue weighted by atomic mass is 10.2. The van der Waals surface area contributed by atoms with Gasteiger partial charge in [-0.25, -0.2) is 14.4 Å². The van der Waals surface area contributed by atoms with Gasteiger partial charge in [0.15, 0.2) is 5.82 Å². The summed E-state index contributed by atoms with van der Waals surface area (Å²) < 4.78 is 13.6. The van der Waals surface area contributed by atoms with Crippen LogP contribution in [0, 0.1) is 5.82 Å². The SMILES string of the molecule is CCNc1nc(-c2ccc(F)cc2)ncc1Br. The minimum atomic E-state index is -0.266. The van der Waals surface area contributed by atoms with Gasteiger partial charge in [-0.1, -0.05) is 0 Å². The van der Waals surface area contributed by atoms with Crippen LogP contribution in [0.2, 0.25) is 0 Å². The molecule has 5 heteroatoms. The van der Waals surface area contributed by atoms with Crippen LogP contribution in [-0.2, 0) is 0 Å². The molecule has 1 heterocycles. The molecule has 0 unspecified atom stereocenters. The molecular weight excluding hydrogens is 285 g/mol. The van der Waals surface area contributed by atoms with Crippen molar-refractivity contribution < 1.29 is 4.39 Å². The first-order valence-electron chi connectivity index (χ1n) is 5.23. The van der Waals surface area contributed by atoms with Crippen LogP contribution in [0.5, 0.6) is 0 Å². The summed E-state index contributed by atoms with van der Waals surface area (Å²) in [4.78, 5) is 8.57. The third-order valence-corrected chi connectivity index (χ3v) is 2.77. The average molecular weight is 296 g/mol. The highest BCUT2D eigenvalue weighted by atomic mass is 79.9. The van der Waals surface area contributed by atoms with Crippen LogP contribution >= 0.6 is 15.9 Å². The number of halogens is 2. The lowest BCUT2D eigenvalue weighted by Crippen LogP contribution is -2.02. The minimum absolute atomic E-state index is 0.266. The van der Waals surface area contributed by atoms with E-state index in [4.69, 9.17) is 0 Å². The predicted molar refractivity (Wildman–Crippen MR) is 69.3 cm³/mol. The first kappa shape index (κ1) is 12.0. The standard InChI is InChI=1S/C12H11BrFN3/c1-2-15-12-10(13)7-16-11(17-12)8-3-5-9(14)6-4-8/h3-7H,2H2,1H3,(H,15,16,17). The molecule has 88 valence electrons. The summed E-state index contributed by atoms with van der Waals surface area (Å²) in [7, 11) is 0. The first-order valence-corrected chi connectivity index (χ1v) is 6.02. The molecule has 0 aliphatic rings. The highest BCUT2D eigenvalue weighted by Gasteiger charge is 2.06. The molecule has 0 saturated heterocycles. The predicted octanol–water partition coefficient (Wildman–Crippen LogP) is 3.48. The monoisotopic (exact) mass is 295 g/mol. The summed E-state index contributed by atoms with van der Waals surface area (Å²) in [5.74, 6) is 1.05. The Labute approximate surface area is 107 Å². The average Bonchev–Trinajstić information content (AvgIpc) is 2.33. The molecule has 2 aromatic rings. The van der Waals surface area contributed by atoms with E-state index in [1.165, 1.54) is 12.1 Å². The van der Waals surface area contributed by atoms with Crippen LogP contribution < -0.4 is 5.32 Å². The fraction of sp³-hybridized carbons (Fsp3) is 0.167. The van der Waals surface area contributed by atoms with Crippen LogP contribution in [0.1, 0.15) is 6.92 Å². The number of nitrogens with zero attached hydrogens (tertiary/aromatic N) is 2. The smallest absolute Gasteiger partial charge is 0.161 e. The summed E-state index contributed by atoms with van der Waals surface area (Å²) in [5, 5.41) is 3.13. The second-order valence-electron chi connectivity index (χ2n) is 3.43. The van der Waals surface area contributed by atoms with E-state index in [2.05, 4.69) is 31.2 Å². The van der Waals surface area contributed by atoms with Crippen LogP contribution in [0.15, 0.2) is 34.9 Å². The Hall–Kier alpha value is -1.49. The molecule has 0 radical (unpaired) electrons. The lowest BCUT2D eigenvalue weighted by molar-refractivity contribution is 0.628. The summed E-state index contributed by atoms with van der Waals surface area (Å²) in [6.07, 6.45) is 1.68. The van der Waals surface area contributed by atoms with Crippen molar-refractivity contribution in [2.45, 2.75) is 6.92 Å². The van der Waals surface area contributed by atoms with Crippen molar-refractivity contribution in [2.75, 3.05) is 11.9 Å². The van der Waals surface area contributed by atoms with Gasteiger partial charge in [0.05, 0.1) is 4.47 Å². The molecule has 0 saturated carbocycles. The zero-order valence-corrected chi connectivity index (χ0v) is 10.8. The van der Waals surface area contributed by atoms with Crippen molar-refractivity contribution in [1.82, 2.24) is 9.97 Å². The van der Waals surface area contributed by atoms with Gasteiger partial charge in [0, 0.05) is 18.3 Å². The van der Waals surface area contributed by atoms with E-state index < -0.39 is 0 Å². The van der Waals surface area contributed by atoms with Crippen LogP contribution in [0.4, 0.5) is 10.2 Å². The molecule has 2 rings (SSSR count). The zero-order valence-electron chi connectivity index (χ0n) is 9.24. The van der Waals surface area contributed by atoms with Crippen molar-refractivity contribution in [3.05, 3.63) is 40.8 Å². The number of anilines is 1. The number of aromatic nitrogens is 2. The number of rotatable bonds is 3. The molecule has 0 fully saturated rings. The summed E-state index contributed by atoms with van der Waals surface area (Å²) >= 11 is 3.37. The maximum absolute atomic E-state index is 12.8. The molecule has 1 N–H and O–H groups in total. The molecule has 17 heavy (non-hydrogen) atoms. The highest BCUT2D eigenvalue weighted by molar-refractivity contribution is 9.10. The van der Waals surface area contributed by atoms with Gasteiger partial charge in [-0.05, 0) is 47.1 Å². The maximum atomic E-state index is 12.8. The second kappa shape index (κ2) is 5.23. The Morgan fingerprint density at radius 1 is 1.29 bits per heavy atom. The molecule has 1 aromatic heterocycles. The first-order chi connectivity index (χ1) is 8.20. The van der Waals surface area contributed by atoms with Gasteiger partial charge < -0.3 is 5.32 Å². The fourth-order valence-electron chi connectivity index (χ4n) is 1.40. The maximum Gasteiger partial charge on any atom is 0.161 e. The lowest BCUT2D eigenvalue weighted by Gasteiger charge is -2.07. The van der Waals surface area contributed by atoms with Crippen molar-refractivity contribution in [3.63, 3.8) is 0 Å². The molecular formula is C12H11BrFN3. The molecule has 0 bridgehead atoms. The van der Waals surface area contributed by atoms with Gasteiger partial charge in [0.1, 0.15) is 11.6 Å². The number of hydrogen-bond acceptors (Lipinski definition) is 3. The molecule has 0 aliphatic carbocycles. The largest absolute Gasteiger partial charge is 0.369 e. The van der Waals surface area contributed by atoms with Gasteiger partial charge in [0.25, 0.3) is 0 Å². The molecule has 1 aromatic carbocycles. The number of nitrogens with one attached hydrogen (secondary N) is 1. The summed E-state index contributed by atoms with van der Waals surface area (Å²) in [5.41, 5.74) is 0.790. The molecule has 0 atom stereocenters. The zero-order chi connectivity index (χ0) is 12.3. The molecule has 0 aliphatic heterocycles. The van der Waals surface area contributed by atoms with E-state index in [9.17, 15) is 4.39 Å². The van der Waals surface area contributed by atoms with Crippen LogP contribution in [0.25, 0.3) is 11.4 Å². The topological polar surface area (TPSA) is 37.8 Å². The molecule has 3 nitrogen and oxygen atoms in total. The van der Waals surface area contributed by atoms with E-state index in [1.54, 1.807) is 18.3 Å². The third-order valence-electron chi connectivity index (χ3n) is 2.19. The Balaban J connectivity index is 2.39. The quantitative estimate of drug-likeness (QED) is 0.942. The minimum Gasteiger partial charge on any atom is -0.369 e. The van der Waals surface area contributed by atoms with E-state index in [1.807, 2.05) is 6.92 Å². The Bertz CT molecular complexity index is 514. The van der Waals surface area contributed by atoms with Gasteiger partial charge in [-0.3, -0.25) is 0 Å². The van der Waals surface area contributed by atoms with Crippen LogP contribution in [-0.4, -0.2) is 16.5 Å². The second-order valence-corrected chi connectivity index (χ2v) is 4.28. The summed E-state index contributed by atoms with van der Waals surface area (Å²) in [6.45, 7) is 2.77. The number of hydrogen-bond donors (Lipinski definition) is 1. The van der Waals surface area contributed by atoms with Gasteiger partial charge in [0.2, 0.25) is 0 Å². The van der Waals surface area contributed by atoms with Crippen molar-refractivity contribution >= 4 is 21.7 Å².